The van der Waals surface area contributed by atoms with Gasteiger partial charge in [0, 0.05) is 18.9 Å². The van der Waals surface area contributed by atoms with Crippen LogP contribution in [0.3, 0.4) is 0 Å². The third-order valence-corrected chi connectivity index (χ3v) is 5.35. The minimum atomic E-state index is -3.52. The molecule has 3 rings (SSSR count). The molecule has 0 unspecified atom stereocenters. The molecule has 1 aliphatic rings. The molecule has 1 N–H and O–H groups in total. The first kappa shape index (κ1) is 16.6. The predicted molar refractivity (Wildman–Crippen MR) is 85.9 cm³/mol. The third kappa shape index (κ3) is 4.41. The van der Waals surface area contributed by atoms with E-state index in [0.717, 1.165) is 18.4 Å². The van der Waals surface area contributed by atoms with E-state index in [2.05, 4.69) is 15.5 Å². The van der Waals surface area contributed by atoms with Crippen molar-refractivity contribution in [2.24, 2.45) is 0 Å². The number of hydrogen-bond acceptors (Lipinski definition) is 6. The van der Waals surface area contributed by atoms with Gasteiger partial charge in [0.25, 0.3) is 0 Å². The zero-order valence-electron chi connectivity index (χ0n) is 13.4. The summed E-state index contributed by atoms with van der Waals surface area (Å²) in [6.07, 6.45) is 2.62. The number of amides is 1. The van der Waals surface area contributed by atoms with Gasteiger partial charge in [-0.25, -0.2) is 8.42 Å². The zero-order chi connectivity index (χ0) is 17.2. The average molecular weight is 349 g/mol. The van der Waals surface area contributed by atoms with Gasteiger partial charge in [-0.2, -0.15) is 4.98 Å². The highest BCUT2D eigenvalue weighted by Crippen LogP contribution is 2.19. The van der Waals surface area contributed by atoms with Crippen LogP contribution in [-0.2, 0) is 26.8 Å². The average Bonchev–Trinajstić information content (AvgIpc) is 3.23. The van der Waals surface area contributed by atoms with Crippen LogP contribution in [0.4, 0.5) is 0 Å². The fraction of sp³-hybridized carbons (Fsp3) is 0.438. The monoisotopic (exact) mass is 349 g/mol. The summed E-state index contributed by atoms with van der Waals surface area (Å²) < 4.78 is 29.7. The van der Waals surface area contributed by atoms with Crippen molar-refractivity contribution in [1.29, 1.82) is 0 Å². The van der Waals surface area contributed by atoms with Crippen LogP contribution < -0.4 is 5.32 Å². The van der Waals surface area contributed by atoms with Crippen LogP contribution in [0.1, 0.15) is 36.5 Å². The summed E-state index contributed by atoms with van der Waals surface area (Å²) in [5.74, 6) is 0.00106. The molecule has 1 aromatic heterocycles. The molecule has 1 amide bonds. The van der Waals surface area contributed by atoms with E-state index in [0.29, 0.717) is 12.5 Å². The van der Waals surface area contributed by atoms with E-state index in [4.69, 9.17) is 4.52 Å². The standard InChI is InChI=1S/C16H19N3O4S/c1-11-2-6-13(7-3-11)24(21,22)10-14-18-16(23-19-14)9-8-15(20)17-12-4-5-12/h2-3,6-7,12H,4-5,8-10H2,1H3,(H,17,20). The molecule has 0 radical (unpaired) electrons. The van der Waals surface area contributed by atoms with E-state index in [1.54, 1.807) is 24.3 Å². The van der Waals surface area contributed by atoms with Gasteiger partial charge in [-0.05, 0) is 31.9 Å². The highest BCUT2D eigenvalue weighted by molar-refractivity contribution is 7.90. The van der Waals surface area contributed by atoms with Crippen molar-refractivity contribution in [3.05, 3.63) is 41.5 Å². The molecule has 1 fully saturated rings. The lowest BCUT2D eigenvalue weighted by Gasteiger charge is -2.01. The van der Waals surface area contributed by atoms with Gasteiger partial charge in [-0.15, -0.1) is 0 Å². The minimum absolute atomic E-state index is 0.0514. The molecule has 1 saturated carbocycles. The molecule has 0 spiro atoms. The molecule has 128 valence electrons. The highest BCUT2D eigenvalue weighted by Gasteiger charge is 2.23. The van der Waals surface area contributed by atoms with Gasteiger partial charge in [-0.1, -0.05) is 22.9 Å². The molecule has 8 heteroatoms. The van der Waals surface area contributed by atoms with Crippen molar-refractivity contribution >= 4 is 15.7 Å². The maximum absolute atomic E-state index is 12.3. The molecular formula is C16H19N3O4S. The topological polar surface area (TPSA) is 102 Å². The fourth-order valence-electron chi connectivity index (χ4n) is 2.20. The second kappa shape index (κ2) is 6.72. The molecule has 1 aromatic carbocycles. The second-order valence-electron chi connectivity index (χ2n) is 6.02. The quantitative estimate of drug-likeness (QED) is 0.814. The molecule has 1 aliphatic carbocycles. The van der Waals surface area contributed by atoms with Gasteiger partial charge < -0.3 is 9.84 Å². The van der Waals surface area contributed by atoms with Crippen molar-refractivity contribution in [2.45, 2.75) is 49.3 Å². The first-order valence-electron chi connectivity index (χ1n) is 7.82. The second-order valence-corrected chi connectivity index (χ2v) is 8.01. The normalized spacial score (nSPS) is 14.5. The van der Waals surface area contributed by atoms with Gasteiger partial charge in [0.05, 0.1) is 4.90 Å². The van der Waals surface area contributed by atoms with Gasteiger partial charge in [0.15, 0.2) is 15.7 Å². The highest BCUT2D eigenvalue weighted by atomic mass is 32.2. The Morgan fingerprint density at radius 2 is 2.00 bits per heavy atom. The summed E-state index contributed by atoms with van der Waals surface area (Å²) in [4.78, 5) is 15.9. The van der Waals surface area contributed by atoms with Crippen molar-refractivity contribution in [1.82, 2.24) is 15.5 Å². The van der Waals surface area contributed by atoms with E-state index >= 15 is 0 Å². The Balaban J connectivity index is 1.58. The van der Waals surface area contributed by atoms with Gasteiger partial charge >= 0.3 is 0 Å². The number of rotatable bonds is 7. The molecule has 0 aliphatic heterocycles. The number of carbonyl (C=O) groups excluding carboxylic acids is 1. The summed E-state index contributed by atoms with van der Waals surface area (Å²) in [5, 5.41) is 6.57. The van der Waals surface area contributed by atoms with Crippen LogP contribution in [0.2, 0.25) is 0 Å². The van der Waals surface area contributed by atoms with Crippen LogP contribution in [0, 0.1) is 6.92 Å². The summed E-state index contributed by atoms with van der Waals surface area (Å²) in [6, 6.07) is 6.93. The first-order valence-corrected chi connectivity index (χ1v) is 9.48. The molecule has 0 atom stereocenters. The molecule has 7 nitrogen and oxygen atoms in total. The molecule has 24 heavy (non-hydrogen) atoms. The smallest absolute Gasteiger partial charge is 0.227 e. The summed E-state index contributed by atoms with van der Waals surface area (Å²) in [7, 11) is -3.52. The lowest BCUT2D eigenvalue weighted by molar-refractivity contribution is -0.121. The fourth-order valence-corrected chi connectivity index (χ4v) is 3.37. The van der Waals surface area contributed by atoms with Gasteiger partial charge in [0.2, 0.25) is 11.8 Å². The third-order valence-electron chi connectivity index (χ3n) is 3.72. The largest absolute Gasteiger partial charge is 0.353 e. The van der Waals surface area contributed by atoms with Crippen LogP contribution in [0.15, 0.2) is 33.7 Å². The van der Waals surface area contributed by atoms with Crippen LogP contribution in [0.5, 0.6) is 0 Å². The van der Waals surface area contributed by atoms with Gasteiger partial charge in [0.1, 0.15) is 5.75 Å². The Kier molecular flexibility index (Phi) is 4.66. The Morgan fingerprint density at radius 3 is 2.67 bits per heavy atom. The number of nitrogens with one attached hydrogen (secondary N) is 1. The molecule has 1 heterocycles. The lowest BCUT2D eigenvalue weighted by Crippen LogP contribution is -2.25. The Morgan fingerprint density at radius 1 is 1.29 bits per heavy atom. The number of carbonyl (C=O) groups is 1. The van der Waals surface area contributed by atoms with Crippen LogP contribution in [-0.4, -0.2) is 30.5 Å². The number of nitrogens with zero attached hydrogens (tertiary/aromatic N) is 2. The SMILES string of the molecule is Cc1ccc(S(=O)(=O)Cc2noc(CCC(=O)NC3CC3)n2)cc1. The summed E-state index contributed by atoms with van der Waals surface area (Å²) in [5.41, 5.74) is 0.986. The number of sulfone groups is 1. The number of aromatic nitrogens is 2. The molecule has 2 aromatic rings. The van der Waals surface area contributed by atoms with Gasteiger partial charge in [-0.3, -0.25) is 4.79 Å². The van der Waals surface area contributed by atoms with Crippen molar-refractivity contribution in [3.8, 4) is 0 Å². The maximum Gasteiger partial charge on any atom is 0.227 e. The Labute approximate surface area is 140 Å². The van der Waals surface area contributed by atoms with Crippen LogP contribution >= 0.6 is 0 Å². The predicted octanol–water partition coefficient (Wildman–Crippen LogP) is 1.56. The van der Waals surface area contributed by atoms with E-state index < -0.39 is 9.84 Å². The minimum Gasteiger partial charge on any atom is -0.353 e. The molecule has 0 bridgehead atoms. The summed E-state index contributed by atoms with van der Waals surface area (Å²) >= 11 is 0. The maximum atomic E-state index is 12.3. The number of hydrogen-bond donors (Lipinski definition) is 1. The number of benzene rings is 1. The van der Waals surface area contributed by atoms with Crippen molar-refractivity contribution < 1.29 is 17.7 Å². The van der Waals surface area contributed by atoms with E-state index in [-0.39, 0.29) is 34.7 Å². The Bertz CT molecular complexity index is 823. The van der Waals surface area contributed by atoms with E-state index in [1.807, 2.05) is 6.92 Å². The Hall–Kier alpha value is -2.22. The van der Waals surface area contributed by atoms with E-state index in [9.17, 15) is 13.2 Å². The zero-order valence-corrected chi connectivity index (χ0v) is 14.2. The lowest BCUT2D eigenvalue weighted by atomic mass is 10.2. The summed E-state index contributed by atoms with van der Waals surface area (Å²) in [6.45, 7) is 1.89. The van der Waals surface area contributed by atoms with Crippen LogP contribution in [0.25, 0.3) is 0 Å². The molecular weight excluding hydrogens is 330 g/mol. The first-order chi connectivity index (χ1) is 11.4. The van der Waals surface area contributed by atoms with Crippen molar-refractivity contribution in [2.75, 3.05) is 0 Å². The van der Waals surface area contributed by atoms with Crippen molar-refractivity contribution in [3.63, 3.8) is 0 Å². The van der Waals surface area contributed by atoms with E-state index in [1.165, 1.54) is 0 Å². The number of aryl methyl sites for hydroxylation is 2. The molecule has 0 saturated heterocycles.